The standard InChI is InChI=1S/C19H18N2O4S/c1-23-14-9-11(19(22)24-2)7-8-13(14)25-17-16-12-5-3-4-6-15(12)26-18(16)21-10-20-17/h7-10H,3-6H2,1-2H3. The number of aryl methyl sites for hydroxylation is 2. The molecule has 0 N–H and O–H groups in total. The number of thiophene rings is 1. The monoisotopic (exact) mass is 370 g/mol. The number of rotatable bonds is 4. The molecule has 7 heteroatoms. The summed E-state index contributed by atoms with van der Waals surface area (Å²) in [5.41, 5.74) is 1.70. The molecule has 1 aliphatic carbocycles. The van der Waals surface area contributed by atoms with Crippen LogP contribution < -0.4 is 9.47 Å². The predicted octanol–water partition coefficient (Wildman–Crippen LogP) is 4.16. The van der Waals surface area contributed by atoms with Gasteiger partial charge < -0.3 is 14.2 Å². The third-order valence-electron chi connectivity index (χ3n) is 4.51. The van der Waals surface area contributed by atoms with Gasteiger partial charge in [-0.3, -0.25) is 0 Å². The van der Waals surface area contributed by atoms with E-state index < -0.39 is 5.97 Å². The van der Waals surface area contributed by atoms with E-state index in [9.17, 15) is 4.79 Å². The molecule has 1 aliphatic rings. The largest absolute Gasteiger partial charge is 0.493 e. The lowest BCUT2D eigenvalue weighted by Gasteiger charge is -2.13. The van der Waals surface area contributed by atoms with Crippen molar-refractivity contribution < 1.29 is 19.0 Å². The Bertz CT molecular complexity index is 983. The second-order valence-electron chi connectivity index (χ2n) is 6.03. The molecule has 0 radical (unpaired) electrons. The summed E-state index contributed by atoms with van der Waals surface area (Å²) in [7, 11) is 2.88. The number of nitrogens with zero attached hydrogens (tertiary/aromatic N) is 2. The van der Waals surface area contributed by atoms with E-state index in [1.54, 1.807) is 29.5 Å². The van der Waals surface area contributed by atoms with Crippen LogP contribution in [0.3, 0.4) is 0 Å². The number of fused-ring (bicyclic) bond motifs is 3. The maximum Gasteiger partial charge on any atom is 0.337 e. The van der Waals surface area contributed by atoms with E-state index in [1.165, 1.54) is 43.8 Å². The smallest absolute Gasteiger partial charge is 0.337 e. The first-order valence-electron chi connectivity index (χ1n) is 8.40. The van der Waals surface area contributed by atoms with Gasteiger partial charge in [0.05, 0.1) is 25.2 Å². The van der Waals surface area contributed by atoms with Gasteiger partial charge in [0.1, 0.15) is 11.2 Å². The Morgan fingerprint density at radius 3 is 2.77 bits per heavy atom. The molecular formula is C19H18N2O4S. The minimum atomic E-state index is -0.425. The highest BCUT2D eigenvalue weighted by Crippen LogP contribution is 2.41. The van der Waals surface area contributed by atoms with Crippen LogP contribution in [0, 0.1) is 0 Å². The fraction of sp³-hybridized carbons (Fsp3) is 0.316. The Labute approximate surface area is 154 Å². The van der Waals surface area contributed by atoms with Crippen LogP contribution in [0.25, 0.3) is 10.2 Å². The highest BCUT2D eigenvalue weighted by molar-refractivity contribution is 7.18. The molecule has 0 atom stereocenters. The average Bonchev–Trinajstić information content (AvgIpc) is 3.07. The Balaban J connectivity index is 1.76. The van der Waals surface area contributed by atoms with Crippen molar-refractivity contribution in [3.05, 3.63) is 40.5 Å². The number of methoxy groups -OCH3 is 2. The summed E-state index contributed by atoms with van der Waals surface area (Å²) < 4.78 is 16.2. The fourth-order valence-electron chi connectivity index (χ4n) is 3.24. The Hall–Kier alpha value is -2.67. The van der Waals surface area contributed by atoms with Crippen molar-refractivity contribution in [2.75, 3.05) is 14.2 Å². The van der Waals surface area contributed by atoms with Gasteiger partial charge in [0.25, 0.3) is 0 Å². The van der Waals surface area contributed by atoms with Gasteiger partial charge in [-0.25, -0.2) is 14.8 Å². The van der Waals surface area contributed by atoms with Gasteiger partial charge in [0.15, 0.2) is 11.5 Å². The zero-order valence-corrected chi connectivity index (χ0v) is 15.4. The first-order valence-corrected chi connectivity index (χ1v) is 9.22. The lowest BCUT2D eigenvalue weighted by atomic mass is 9.97. The highest BCUT2D eigenvalue weighted by Gasteiger charge is 2.22. The summed E-state index contributed by atoms with van der Waals surface area (Å²) in [6.45, 7) is 0. The zero-order chi connectivity index (χ0) is 18.1. The minimum Gasteiger partial charge on any atom is -0.493 e. The number of carbonyl (C=O) groups is 1. The molecule has 0 saturated carbocycles. The molecule has 0 bridgehead atoms. The third-order valence-corrected chi connectivity index (χ3v) is 5.71. The van der Waals surface area contributed by atoms with E-state index in [0.29, 0.717) is 22.9 Å². The van der Waals surface area contributed by atoms with Crippen molar-refractivity contribution in [2.45, 2.75) is 25.7 Å². The van der Waals surface area contributed by atoms with Gasteiger partial charge >= 0.3 is 5.97 Å². The van der Waals surface area contributed by atoms with E-state index >= 15 is 0 Å². The predicted molar refractivity (Wildman–Crippen MR) is 98.5 cm³/mol. The molecule has 1 aromatic carbocycles. The van der Waals surface area contributed by atoms with Gasteiger partial charge in [-0.15, -0.1) is 11.3 Å². The van der Waals surface area contributed by atoms with Crippen LogP contribution in [0.15, 0.2) is 24.5 Å². The number of ether oxygens (including phenoxy) is 3. The molecule has 0 saturated heterocycles. The van der Waals surface area contributed by atoms with Crippen molar-refractivity contribution >= 4 is 27.5 Å². The molecule has 0 spiro atoms. The van der Waals surface area contributed by atoms with Gasteiger partial charge in [0, 0.05) is 4.88 Å². The van der Waals surface area contributed by atoms with E-state index in [4.69, 9.17) is 14.2 Å². The Kier molecular flexibility index (Phi) is 4.46. The third kappa shape index (κ3) is 2.88. The molecule has 134 valence electrons. The lowest BCUT2D eigenvalue weighted by Crippen LogP contribution is -2.02. The maximum atomic E-state index is 11.7. The van der Waals surface area contributed by atoms with Crippen molar-refractivity contribution in [3.8, 4) is 17.4 Å². The SMILES string of the molecule is COC(=O)c1ccc(Oc2ncnc3sc4c(c23)CCCC4)c(OC)c1. The summed E-state index contributed by atoms with van der Waals surface area (Å²) in [4.78, 5) is 22.8. The number of benzene rings is 1. The molecular weight excluding hydrogens is 352 g/mol. The molecule has 0 fully saturated rings. The number of hydrogen-bond acceptors (Lipinski definition) is 7. The summed E-state index contributed by atoms with van der Waals surface area (Å²) in [5, 5.41) is 0.992. The second kappa shape index (κ2) is 6.92. The number of carbonyl (C=O) groups excluding carboxylic acids is 1. The fourth-order valence-corrected chi connectivity index (χ4v) is 4.46. The second-order valence-corrected chi connectivity index (χ2v) is 7.11. The van der Waals surface area contributed by atoms with Crippen LogP contribution in [0.4, 0.5) is 0 Å². The Morgan fingerprint density at radius 1 is 1.12 bits per heavy atom. The first kappa shape index (κ1) is 16.8. The number of hydrogen-bond donors (Lipinski definition) is 0. The van der Waals surface area contributed by atoms with Crippen LogP contribution >= 0.6 is 11.3 Å². The zero-order valence-electron chi connectivity index (χ0n) is 14.6. The summed E-state index contributed by atoms with van der Waals surface area (Å²) in [5.74, 6) is 1.05. The molecule has 0 aliphatic heterocycles. The van der Waals surface area contributed by atoms with E-state index in [1.807, 2.05) is 0 Å². The van der Waals surface area contributed by atoms with E-state index in [0.717, 1.165) is 23.1 Å². The van der Waals surface area contributed by atoms with Crippen LogP contribution in [0.2, 0.25) is 0 Å². The van der Waals surface area contributed by atoms with E-state index in [2.05, 4.69) is 9.97 Å². The molecule has 2 aromatic heterocycles. The molecule has 2 heterocycles. The average molecular weight is 370 g/mol. The summed E-state index contributed by atoms with van der Waals surface area (Å²) in [6, 6.07) is 4.94. The van der Waals surface area contributed by atoms with Crippen LogP contribution in [-0.2, 0) is 17.6 Å². The van der Waals surface area contributed by atoms with Crippen LogP contribution in [-0.4, -0.2) is 30.2 Å². The maximum absolute atomic E-state index is 11.7. The number of aromatic nitrogens is 2. The lowest BCUT2D eigenvalue weighted by molar-refractivity contribution is 0.0600. The van der Waals surface area contributed by atoms with Gasteiger partial charge in [-0.2, -0.15) is 0 Å². The Morgan fingerprint density at radius 2 is 1.96 bits per heavy atom. The normalized spacial score (nSPS) is 13.3. The number of esters is 1. The molecule has 3 aromatic rings. The van der Waals surface area contributed by atoms with Gasteiger partial charge in [-0.1, -0.05) is 0 Å². The van der Waals surface area contributed by atoms with Gasteiger partial charge in [-0.05, 0) is 49.4 Å². The molecule has 0 amide bonds. The highest BCUT2D eigenvalue weighted by atomic mass is 32.1. The molecule has 26 heavy (non-hydrogen) atoms. The van der Waals surface area contributed by atoms with Crippen molar-refractivity contribution in [1.29, 1.82) is 0 Å². The van der Waals surface area contributed by atoms with Crippen molar-refractivity contribution in [3.63, 3.8) is 0 Å². The topological polar surface area (TPSA) is 70.5 Å². The minimum absolute atomic E-state index is 0.400. The van der Waals surface area contributed by atoms with Gasteiger partial charge in [0.2, 0.25) is 5.88 Å². The van der Waals surface area contributed by atoms with Crippen LogP contribution in [0.1, 0.15) is 33.6 Å². The van der Waals surface area contributed by atoms with Crippen molar-refractivity contribution in [2.24, 2.45) is 0 Å². The molecule has 0 unspecified atom stereocenters. The quantitative estimate of drug-likeness (QED) is 0.642. The van der Waals surface area contributed by atoms with Crippen molar-refractivity contribution in [1.82, 2.24) is 9.97 Å². The summed E-state index contributed by atoms with van der Waals surface area (Å²) in [6.07, 6.45) is 6.02. The molecule has 6 nitrogen and oxygen atoms in total. The molecule has 4 rings (SSSR count). The van der Waals surface area contributed by atoms with Crippen LogP contribution in [0.5, 0.6) is 17.4 Å². The first-order chi connectivity index (χ1) is 12.7. The summed E-state index contributed by atoms with van der Waals surface area (Å²) >= 11 is 1.72. The van der Waals surface area contributed by atoms with E-state index in [-0.39, 0.29) is 0 Å².